The molecule has 1 unspecified atom stereocenters. The lowest BCUT2D eigenvalue weighted by Gasteiger charge is -2.32. The van der Waals surface area contributed by atoms with Gasteiger partial charge < -0.3 is 11.1 Å². The van der Waals surface area contributed by atoms with Crippen molar-refractivity contribution in [1.82, 2.24) is 14.7 Å². The normalized spacial score (nSPS) is 17.0. The first-order valence-electron chi connectivity index (χ1n) is 9.41. The molecule has 3 N–H and O–H groups in total. The summed E-state index contributed by atoms with van der Waals surface area (Å²) >= 11 is 0. The summed E-state index contributed by atoms with van der Waals surface area (Å²) in [6.07, 6.45) is 4.62. The predicted molar refractivity (Wildman–Crippen MR) is 105 cm³/mol. The van der Waals surface area contributed by atoms with Crippen molar-refractivity contribution in [3.05, 3.63) is 42.1 Å². The molecule has 8 heteroatoms. The van der Waals surface area contributed by atoms with Gasteiger partial charge in [-0.2, -0.15) is 10.4 Å². The Hall–Kier alpha value is -3.18. The average molecular weight is 380 g/mol. The lowest BCUT2D eigenvalue weighted by molar-refractivity contribution is -0.119. The zero-order chi connectivity index (χ0) is 19.9. The largest absolute Gasteiger partial charge is 0.370 e. The minimum Gasteiger partial charge on any atom is -0.370 e. The number of nitrogens with zero attached hydrogens (tertiary/aromatic N) is 4. The van der Waals surface area contributed by atoms with E-state index in [2.05, 4.69) is 21.4 Å². The number of hydrogen-bond donors (Lipinski definition) is 2. The fourth-order valence-electron chi connectivity index (χ4n) is 3.57. The molecule has 8 nitrogen and oxygen atoms in total. The first-order chi connectivity index (χ1) is 13.6. The fraction of sp³-hybridized carbons (Fsp3) is 0.400. The highest BCUT2D eigenvalue weighted by Crippen LogP contribution is 2.22. The molecule has 3 rings (SSSR count). The smallest absolute Gasteiger partial charge is 0.239 e. The van der Waals surface area contributed by atoms with E-state index in [0.29, 0.717) is 23.7 Å². The number of amides is 2. The van der Waals surface area contributed by atoms with E-state index >= 15 is 0 Å². The molecule has 1 aliphatic heterocycles. The number of hydrogen-bond acceptors (Lipinski definition) is 5. The van der Waals surface area contributed by atoms with Gasteiger partial charge in [0.1, 0.15) is 11.6 Å². The van der Waals surface area contributed by atoms with Crippen LogP contribution in [0.15, 0.2) is 36.5 Å². The molecule has 2 heterocycles. The summed E-state index contributed by atoms with van der Waals surface area (Å²) in [6.45, 7) is 1.84. The van der Waals surface area contributed by atoms with Crippen molar-refractivity contribution in [2.45, 2.75) is 25.7 Å². The second-order valence-corrected chi connectivity index (χ2v) is 7.06. The van der Waals surface area contributed by atoms with Gasteiger partial charge in [-0.05, 0) is 43.9 Å². The molecular formula is C20H24N6O2. The Morgan fingerprint density at radius 2 is 2.11 bits per heavy atom. The maximum Gasteiger partial charge on any atom is 0.239 e. The van der Waals surface area contributed by atoms with Gasteiger partial charge in [0.15, 0.2) is 5.82 Å². The average Bonchev–Trinajstić information content (AvgIpc) is 3.09. The van der Waals surface area contributed by atoms with E-state index in [1.807, 2.05) is 30.3 Å². The summed E-state index contributed by atoms with van der Waals surface area (Å²) in [6, 6.07) is 11.4. The number of benzene rings is 1. The van der Waals surface area contributed by atoms with E-state index in [9.17, 15) is 14.9 Å². The minimum absolute atomic E-state index is 0.190. The Bertz CT molecular complexity index is 871. The zero-order valence-electron chi connectivity index (χ0n) is 15.7. The Kier molecular flexibility index (Phi) is 6.40. The number of para-hydroxylation sites is 1. The summed E-state index contributed by atoms with van der Waals surface area (Å²) in [5.41, 5.74) is 6.32. The number of nitrogens with one attached hydrogen (secondary N) is 1. The number of carbonyl (C=O) groups excluding carboxylic acids is 2. The molecule has 2 aromatic rings. The number of rotatable bonds is 7. The molecule has 1 aromatic carbocycles. The van der Waals surface area contributed by atoms with Crippen LogP contribution in [0.5, 0.6) is 0 Å². The number of nitriles is 1. The van der Waals surface area contributed by atoms with E-state index in [1.165, 1.54) is 6.20 Å². The Morgan fingerprint density at radius 1 is 1.32 bits per heavy atom. The van der Waals surface area contributed by atoms with Gasteiger partial charge in [-0.15, -0.1) is 0 Å². The van der Waals surface area contributed by atoms with Crippen molar-refractivity contribution in [2.75, 3.05) is 25.0 Å². The molecule has 146 valence electrons. The summed E-state index contributed by atoms with van der Waals surface area (Å²) in [7, 11) is 0. The zero-order valence-corrected chi connectivity index (χ0v) is 15.7. The van der Waals surface area contributed by atoms with Crippen LogP contribution in [-0.2, 0) is 9.59 Å². The highest BCUT2D eigenvalue weighted by Gasteiger charge is 2.23. The second kappa shape index (κ2) is 9.15. The molecule has 1 aromatic heterocycles. The van der Waals surface area contributed by atoms with Gasteiger partial charge in [-0.3, -0.25) is 14.5 Å². The lowest BCUT2D eigenvalue weighted by Crippen LogP contribution is -2.41. The van der Waals surface area contributed by atoms with Gasteiger partial charge in [0.2, 0.25) is 11.8 Å². The number of carbonyl (C=O) groups is 2. The van der Waals surface area contributed by atoms with Gasteiger partial charge >= 0.3 is 0 Å². The summed E-state index contributed by atoms with van der Waals surface area (Å²) < 4.78 is 1.56. The molecule has 1 atom stereocenters. The van der Waals surface area contributed by atoms with Crippen molar-refractivity contribution in [1.29, 1.82) is 5.26 Å². The van der Waals surface area contributed by atoms with E-state index in [0.717, 1.165) is 38.0 Å². The van der Waals surface area contributed by atoms with Gasteiger partial charge in [0.05, 0.1) is 18.4 Å². The highest BCUT2D eigenvalue weighted by molar-refractivity contribution is 5.93. The van der Waals surface area contributed by atoms with Crippen LogP contribution in [0.2, 0.25) is 0 Å². The van der Waals surface area contributed by atoms with Crippen LogP contribution in [0.25, 0.3) is 5.69 Å². The molecule has 2 amide bonds. The van der Waals surface area contributed by atoms with Crippen molar-refractivity contribution in [3.8, 4) is 11.8 Å². The minimum atomic E-state index is -0.284. The fourth-order valence-corrected chi connectivity index (χ4v) is 3.57. The monoisotopic (exact) mass is 380 g/mol. The second-order valence-electron chi connectivity index (χ2n) is 7.06. The molecule has 0 radical (unpaired) electrons. The third-order valence-corrected chi connectivity index (χ3v) is 4.92. The van der Waals surface area contributed by atoms with Gasteiger partial charge in [-0.1, -0.05) is 18.2 Å². The van der Waals surface area contributed by atoms with Crippen LogP contribution in [0, 0.1) is 17.2 Å². The number of likely N-dealkylation sites (tertiary alicyclic amines) is 1. The predicted octanol–water partition coefficient (Wildman–Crippen LogP) is 1.66. The van der Waals surface area contributed by atoms with Crippen molar-refractivity contribution in [2.24, 2.45) is 11.7 Å². The Morgan fingerprint density at radius 3 is 2.82 bits per heavy atom. The molecule has 1 aliphatic rings. The summed E-state index contributed by atoms with van der Waals surface area (Å²) in [4.78, 5) is 25.7. The number of anilines is 1. The maximum atomic E-state index is 12.6. The molecule has 28 heavy (non-hydrogen) atoms. The number of nitrogens with two attached hydrogens (primary N) is 1. The highest BCUT2D eigenvalue weighted by atomic mass is 16.2. The van der Waals surface area contributed by atoms with Crippen molar-refractivity contribution >= 4 is 17.6 Å². The van der Waals surface area contributed by atoms with Crippen LogP contribution in [0.3, 0.4) is 0 Å². The van der Waals surface area contributed by atoms with Gasteiger partial charge in [0, 0.05) is 13.0 Å². The Balaban J connectivity index is 1.64. The molecular weight excluding hydrogens is 356 g/mol. The number of piperidine rings is 1. The van der Waals surface area contributed by atoms with Crippen molar-refractivity contribution < 1.29 is 9.59 Å². The third kappa shape index (κ3) is 4.96. The molecule has 0 spiro atoms. The molecule has 0 aliphatic carbocycles. The first kappa shape index (κ1) is 19.6. The van der Waals surface area contributed by atoms with E-state index in [4.69, 9.17) is 5.73 Å². The molecule has 1 saturated heterocycles. The topological polar surface area (TPSA) is 117 Å². The quantitative estimate of drug-likeness (QED) is 0.757. The van der Waals surface area contributed by atoms with E-state index in [1.54, 1.807) is 4.68 Å². The van der Waals surface area contributed by atoms with Crippen LogP contribution >= 0.6 is 0 Å². The van der Waals surface area contributed by atoms with Crippen LogP contribution < -0.4 is 11.1 Å². The number of primary amides is 1. The summed E-state index contributed by atoms with van der Waals surface area (Å²) in [5, 5.41) is 16.4. The molecule has 0 saturated carbocycles. The van der Waals surface area contributed by atoms with Crippen molar-refractivity contribution in [3.63, 3.8) is 0 Å². The van der Waals surface area contributed by atoms with Crippen LogP contribution in [0.1, 0.15) is 31.2 Å². The third-order valence-electron chi connectivity index (χ3n) is 4.92. The maximum absolute atomic E-state index is 12.6. The SMILES string of the molecule is N#Cc1cnn(-c2ccccc2)c1NC(=O)CN1CCCC(CCC(N)=O)C1. The van der Waals surface area contributed by atoms with Gasteiger partial charge in [-0.25, -0.2) is 4.68 Å². The standard InChI is InChI=1S/C20H24N6O2/c21-11-16-12-23-26(17-6-2-1-3-7-17)20(16)24-19(28)14-25-10-4-5-15(13-25)8-9-18(22)27/h1-3,6-7,12,15H,4-5,8-10,13-14H2,(H2,22,27)(H,24,28). The van der Waals surface area contributed by atoms with Crippen LogP contribution in [0.4, 0.5) is 5.82 Å². The van der Waals surface area contributed by atoms with Gasteiger partial charge in [0.25, 0.3) is 0 Å². The van der Waals surface area contributed by atoms with E-state index in [-0.39, 0.29) is 18.4 Å². The molecule has 1 fully saturated rings. The Labute approximate surface area is 163 Å². The van der Waals surface area contributed by atoms with E-state index < -0.39 is 0 Å². The summed E-state index contributed by atoms with van der Waals surface area (Å²) in [5.74, 6) is 0.275. The molecule has 0 bridgehead atoms. The number of aromatic nitrogens is 2. The lowest BCUT2D eigenvalue weighted by atomic mass is 9.93. The first-order valence-corrected chi connectivity index (χ1v) is 9.41. The van der Waals surface area contributed by atoms with Crippen LogP contribution in [-0.4, -0.2) is 46.1 Å².